The number of fused-ring (bicyclic) bond motifs is 1. The highest BCUT2D eigenvalue weighted by Crippen LogP contribution is 2.21. The number of aromatic nitrogens is 2. The minimum absolute atomic E-state index is 0.125. The van der Waals surface area contributed by atoms with Crippen LogP contribution < -0.4 is 10.9 Å². The van der Waals surface area contributed by atoms with Crippen LogP contribution in [0.5, 0.6) is 0 Å². The molecule has 0 saturated carbocycles. The predicted molar refractivity (Wildman–Crippen MR) is 105 cm³/mol. The molecule has 0 aliphatic heterocycles. The first-order chi connectivity index (χ1) is 12.4. The third-order valence-electron chi connectivity index (χ3n) is 3.85. The van der Waals surface area contributed by atoms with Gasteiger partial charge in [-0.1, -0.05) is 18.2 Å². The van der Waals surface area contributed by atoms with E-state index >= 15 is 0 Å². The summed E-state index contributed by atoms with van der Waals surface area (Å²) in [6.07, 6.45) is 1.77. The molecule has 0 aliphatic carbocycles. The fraction of sp³-hybridized carbons (Fsp3) is 0.211. The number of pyridine rings is 1. The molecule has 0 atom stereocenters. The molecule has 134 valence electrons. The van der Waals surface area contributed by atoms with E-state index in [1.54, 1.807) is 6.20 Å². The lowest BCUT2D eigenvalue weighted by Gasteiger charge is -2.16. The van der Waals surface area contributed by atoms with Crippen molar-refractivity contribution in [3.8, 4) is 0 Å². The molecule has 0 bridgehead atoms. The van der Waals surface area contributed by atoms with Crippen LogP contribution in [0.2, 0.25) is 0 Å². The first-order valence-electron chi connectivity index (χ1n) is 8.14. The van der Waals surface area contributed by atoms with Crippen molar-refractivity contribution in [2.24, 2.45) is 0 Å². The molecule has 2 heterocycles. The molecule has 1 N–H and O–H groups in total. The lowest BCUT2D eigenvalue weighted by atomic mass is 10.3. The fourth-order valence-corrected chi connectivity index (χ4v) is 3.05. The zero-order valence-corrected chi connectivity index (χ0v) is 16.2. The normalized spacial score (nSPS) is 11.1. The Morgan fingerprint density at radius 3 is 2.81 bits per heavy atom. The average Bonchev–Trinajstić information content (AvgIpc) is 2.57. The van der Waals surface area contributed by atoms with Crippen molar-refractivity contribution in [2.45, 2.75) is 13.5 Å². The van der Waals surface area contributed by atoms with Crippen LogP contribution in [-0.2, 0) is 11.3 Å². The number of anilines is 1. The van der Waals surface area contributed by atoms with Crippen LogP contribution >= 0.6 is 15.9 Å². The summed E-state index contributed by atoms with van der Waals surface area (Å²) in [5, 5.41) is 2.86. The van der Waals surface area contributed by atoms with Crippen molar-refractivity contribution < 1.29 is 4.79 Å². The van der Waals surface area contributed by atoms with Crippen molar-refractivity contribution in [1.29, 1.82) is 0 Å². The van der Waals surface area contributed by atoms with Gasteiger partial charge in [0.25, 0.3) is 5.56 Å². The van der Waals surface area contributed by atoms with Crippen molar-refractivity contribution in [2.75, 3.05) is 18.9 Å². The van der Waals surface area contributed by atoms with Crippen LogP contribution in [0.25, 0.3) is 5.65 Å². The molecule has 0 fully saturated rings. The maximum absolute atomic E-state index is 12.3. The van der Waals surface area contributed by atoms with Crippen LogP contribution in [0.1, 0.15) is 11.3 Å². The van der Waals surface area contributed by atoms with Crippen LogP contribution in [0.4, 0.5) is 5.69 Å². The van der Waals surface area contributed by atoms with E-state index in [1.807, 2.05) is 55.3 Å². The number of halogens is 1. The number of nitrogens with zero attached hydrogens (tertiary/aromatic N) is 3. The number of hydrogen-bond acceptors (Lipinski definition) is 4. The summed E-state index contributed by atoms with van der Waals surface area (Å²) >= 11 is 3.41. The summed E-state index contributed by atoms with van der Waals surface area (Å²) in [5.41, 5.74) is 2.83. The van der Waals surface area contributed by atoms with Crippen LogP contribution in [-0.4, -0.2) is 33.8 Å². The average molecular weight is 415 g/mol. The third-order valence-corrected chi connectivity index (χ3v) is 4.55. The number of amides is 1. The Morgan fingerprint density at radius 1 is 1.27 bits per heavy atom. The number of nitrogens with one attached hydrogen (secondary N) is 1. The van der Waals surface area contributed by atoms with Gasteiger partial charge in [0.05, 0.1) is 17.9 Å². The molecule has 1 amide bonds. The standard InChI is InChI=1S/C19H19BrN4O2/c1-13-7-8-17-21-14(9-19(26)24(17)10-13)11-23(2)12-18(25)22-16-6-4-3-5-15(16)20/h3-10H,11-12H2,1-2H3,(H,22,25). The summed E-state index contributed by atoms with van der Waals surface area (Å²) < 4.78 is 2.36. The highest BCUT2D eigenvalue weighted by Gasteiger charge is 2.11. The third kappa shape index (κ3) is 4.36. The lowest BCUT2D eigenvalue weighted by molar-refractivity contribution is -0.117. The Labute approximate surface area is 159 Å². The van der Waals surface area contributed by atoms with E-state index in [2.05, 4.69) is 26.2 Å². The number of likely N-dealkylation sites (N-methyl/N-ethyl adjacent to an activating group) is 1. The number of hydrogen-bond donors (Lipinski definition) is 1. The van der Waals surface area contributed by atoms with Crippen LogP contribution in [0.3, 0.4) is 0 Å². The Morgan fingerprint density at radius 2 is 2.04 bits per heavy atom. The molecular weight excluding hydrogens is 396 g/mol. The molecule has 1 aromatic carbocycles. The van der Waals surface area contributed by atoms with Gasteiger partial charge in [-0.15, -0.1) is 0 Å². The van der Waals surface area contributed by atoms with Gasteiger partial charge in [0, 0.05) is 23.3 Å². The maximum Gasteiger partial charge on any atom is 0.258 e. The number of carbonyl (C=O) groups excluding carboxylic acids is 1. The second-order valence-corrected chi connectivity index (χ2v) is 7.08. The van der Waals surface area contributed by atoms with E-state index in [0.717, 1.165) is 15.7 Å². The van der Waals surface area contributed by atoms with E-state index in [9.17, 15) is 9.59 Å². The molecule has 26 heavy (non-hydrogen) atoms. The summed E-state index contributed by atoms with van der Waals surface area (Å²) in [4.78, 5) is 30.8. The second kappa shape index (κ2) is 7.80. The topological polar surface area (TPSA) is 66.7 Å². The van der Waals surface area contributed by atoms with Crippen molar-refractivity contribution in [3.05, 3.63) is 74.7 Å². The molecule has 3 aromatic rings. The molecular formula is C19H19BrN4O2. The van der Waals surface area contributed by atoms with Gasteiger partial charge >= 0.3 is 0 Å². The number of rotatable bonds is 5. The number of para-hydroxylation sites is 1. The maximum atomic E-state index is 12.3. The molecule has 0 unspecified atom stereocenters. The Kier molecular flexibility index (Phi) is 5.49. The molecule has 3 rings (SSSR count). The monoisotopic (exact) mass is 414 g/mol. The van der Waals surface area contributed by atoms with E-state index in [0.29, 0.717) is 17.9 Å². The van der Waals surface area contributed by atoms with Gasteiger partial charge in [-0.2, -0.15) is 0 Å². The minimum atomic E-state index is -0.132. The highest BCUT2D eigenvalue weighted by molar-refractivity contribution is 9.10. The fourth-order valence-electron chi connectivity index (χ4n) is 2.67. The van der Waals surface area contributed by atoms with E-state index < -0.39 is 0 Å². The Bertz CT molecular complexity index is 1020. The molecule has 2 aromatic heterocycles. The van der Waals surface area contributed by atoms with Gasteiger partial charge < -0.3 is 5.32 Å². The summed E-state index contributed by atoms with van der Waals surface area (Å²) in [6, 6.07) is 12.7. The Hall–Kier alpha value is -2.51. The SMILES string of the molecule is Cc1ccc2nc(CN(C)CC(=O)Nc3ccccc3Br)cc(=O)n2c1. The lowest BCUT2D eigenvalue weighted by Crippen LogP contribution is -2.30. The van der Waals surface area contributed by atoms with Crippen molar-refractivity contribution in [1.82, 2.24) is 14.3 Å². The number of benzene rings is 1. The van der Waals surface area contributed by atoms with E-state index in [-0.39, 0.29) is 18.0 Å². The first-order valence-corrected chi connectivity index (χ1v) is 8.93. The molecule has 6 nitrogen and oxygen atoms in total. The smallest absolute Gasteiger partial charge is 0.258 e. The van der Waals surface area contributed by atoms with Gasteiger partial charge in [0.1, 0.15) is 5.65 Å². The zero-order chi connectivity index (χ0) is 18.7. The van der Waals surface area contributed by atoms with Crippen molar-refractivity contribution in [3.63, 3.8) is 0 Å². The van der Waals surface area contributed by atoms with Crippen LogP contribution in [0.15, 0.2) is 57.9 Å². The molecule has 0 spiro atoms. The number of carbonyl (C=O) groups is 1. The zero-order valence-electron chi connectivity index (χ0n) is 14.6. The summed E-state index contributed by atoms with van der Waals surface area (Å²) in [7, 11) is 1.82. The summed E-state index contributed by atoms with van der Waals surface area (Å²) in [5.74, 6) is -0.132. The van der Waals surface area contributed by atoms with E-state index in [4.69, 9.17) is 0 Å². The largest absolute Gasteiger partial charge is 0.324 e. The highest BCUT2D eigenvalue weighted by atomic mass is 79.9. The Balaban J connectivity index is 1.68. The minimum Gasteiger partial charge on any atom is -0.324 e. The molecule has 0 saturated heterocycles. The van der Waals surface area contributed by atoms with Gasteiger partial charge in [0.2, 0.25) is 5.91 Å². The summed E-state index contributed by atoms with van der Waals surface area (Å²) in [6.45, 7) is 2.52. The first kappa shape index (κ1) is 18.3. The van der Waals surface area contributed by atoms with Gasteiger partial charge in [-0.05, 0) is 53.7 Å². The van der Waals surface area contributed by atoms with Gasteiger partial charge in [-0.3, -0.25) is 18.9 Å². The van der Waals surface area contributed by atoms with Crippen molar-refractivity contribution >= 4 is 33.2 Å². The van der Waals surface area contributed by atoms with Gasteiger partial charge in [-0.25, -0.2) is 4.98 Å². The quantitative estimate of drug-likeness (QED) is 0.696. The molecule has 0 radical (unpaired) electrons. The second-order valence-electron chi connectivity index (χ2n) is 6.22. The van der Waals surface area contributed by atoms with Gasteiger partial charge in [0.15, 0.2) is 0 Å². The number of aryl methyl sites for hydroxylation is 1. The van der Waals surface area contributed by atoms with E-state index in [1.165, 1.54) is 10.5 Å². The predicted octanol–water partition coefficient (Wildman–Crippen LogP) is 2.84. The van der Waals surface area contributed by atoms with Crippen LogP contribution in [0, 0.1) is 6.92 Å². The molecule has 0 aliphatic rings. The molecule has 7 heteroatoms.